The number of nitriles is 1. The number of Topliss-reactive ketones (excluding diaryl/α,β-unsaturated/α-hetero) is 1. The van der Waals surface area contributed by atoms with E-state index in [1.165, 1.54) is 12.1 Å². The van der Waals surface area contributed by atoms with Crippen molar-refractivity contribution in [1.29, 1.82) is 5.26 Å². The molecule has 2 bridgehead atoms. The Labute approximate surface area is 186 Å². The third-order valence-electron chi connectivity index (χ3n) is 6.63. The van der Waals surface area contributed by atoms with Gasteiger partial charge in [-0.05, 0) is 36.8 Å². The smallest absolute Gasteiger partial charge is 0.287 e. The summed E-state index contributed by atoms with van der Waals surface area (Å²) in [5, 5.41) is 9.32. The number of ketones is 1. The van der Waals surface area contributed by atoms with Crippen LogP contribution in [0.2, 0.25) is 5.02 Å². The lowest BCUT2D eigenvalue weighted by atomic mass is 9.98. The van der Waals surface area contributed by atoms with Gasteiger partial charge >= 0.3 is 6.03 Å². The maximum absolute atomic E-state index is 13.7. The molecule has 0 N–H and O–H groups in total. The number of amides is 3. The van der Waals surface area contributed by atoms with Crippen molar-refractivity contribution in [3.05, 3.63) is 63.7 Å². The Kier molecular flexibility index (Phi) is 4.47. The summed E-state index contributed by atoms with van der Waals surface area (Å²) in [5.41, 5.74) is 0.696. The molecule has 0 aliphatic carbocycles. The number of halogens is 3. The van der Waals surface area contributed by atoms with Crippen molar-refractivity contribution in [2.45, 2.75) is 19.0 Å². The van der Waals surface area contributed by atoms with Gasteiger partial charge in [0.2, 0.25) is 5.78 Å². The molecule has 0 saturated carbocycles. The second kappa shape index (κ2) is 6.90. The number of carbonyl (C=O) groups is 3. The number of fused-ring (bicyclic) bond motifs is 1. The van der Waals surface area contributed by atoms with Crippen molar-refractivity contribution in [1.82, 2.24) is 4.90 Å². The highest BCUT2D eigenvalue weighted by Crippen LogP contribution is 2.45. The molecule has 3 heterocycles. The summed E-state index contributed by atoms with van der Waals surface area (Å²) in [7, 11) is 0. The van der Waals surface area contributed by atoms with Gasteiger partial charge in [0, 0.05) is 11.6 Å². The number of urea groups is 1. The van der Waals surface area contributed by atoms with Gasteiger partial charge in [0.05, 0.1) is 29.4 Å². The number of imide groups is 1. The molecule has 0 aromatic heterocycles. The van der Waals surface area contributed by atoms with Gasteiger partial charge < -0.3 is 0 Å². The Morgan fingerprint density at radius 3 is 2.53 bits per heavy atom. The van der Waals surface area contributed by atoms with Crippen LogP contribution < -0.4 is 4.90 Å². The lowest BCUT2D eigenvalue weighted by Gasteiger charge is -2.32. The van der Waals surface area contributed by atoms with Crippen LogP contribution >= 0.6 is 11.6 Å². The minimum Gasteiger partial charge on any atom is -0.287 e. The SMILES string of the molecule is Cc1c(N2C(=O)C3CN4CC(C(=O)c5cc(F)cc(F)c5)[N+]3(C4)C2=O)ccc(C#N)c1Cl. The van der Waals surface area contributed by atoms with E-state index < -0.39 is 45.9 Å². The van der Waals surface area contributed by atoms with Crippen LogP contribution in [-0.4, -0.2) is 58.9 Å². The molecule has 3 aliphatic rings. The monoisotopic (exact) mass is 457 g/mol. The number of hydrogen-bond acceptors (Lipinski definition) is 5. The van der Waals surface area contributed by atoms with Gasteiger partial charge in [0.15, 0.2) is 12.1 Å². The molecule has 3 amide bonds. The first-order chi connectivity index (χ1) is 15.2. The summed E-state index contributed by atoms with van der Waals surface area (Å²) in [6, 6.07) is 5.06. The molecule has 1 spiro atoms. The van der Waals surface area contributed by atoms with E-state index in [4.69, 9.17) is 11.6 Å². The van der Waals surface area contributed by atoms with E-state index in [1.54, 1.807) is 6.92 Å². The van der Waals surface area contributed by atoms with Crippen molar-refractivity contribution in [2.24, 2.45) is 0 Å². The van der Waals surface area contributed by atoms with Crippen LogP contribution in [0.4, 0.5) is 19.3 Å². The Balaban J connectivity index is 1.58. The van der Waals surface area contributed by atoms with Gasteiger partial charge in [-0.2, -0.15) is 10.2 Å². The van der Waals surface area contributed by atoms with Crippen LogP contribution in [0.25, 0.3) is 0 Å². The summed E-state index contributed by atoms with van der Waals surface area (Å²) in [6.45, 7) is 2.26. The summed E-state index contributed by atoms with van der Waals surface area (Å²) < 4.78 is 27.0. The van der Waals surface area contributed by atoms with Crippen molar-refractivity contribution < 1.29 is 27.6 Å². The Hall–Kier alpha value is -3.19. The molecule has 2 aromatic rings. The second-order valence-corrected chi connectivity index (χ2v) is 8.68. The predicted molar refractivity (Wildman–Crippen MR) is 109 cm³/mol. The third kappa shape index (κ3) is 2.60. The van der Waals surface area contributed by atoms with Gasteiger partial charge in [0.25, 0.3) is 5.91 Å². The van der Waals surface area contributed by atoms with Crippen LogP contribution in [-0.2, 0) is 4.79 Å². The fourth-order valence-electron chi connectivity index (χ4n) is 5.15. The highest BCUT2D eigenvalue weighted by Gasteiger charge is 2.73. The van der Waals surface area contributed by atoms with Gasteiger partial charge in [-0.15, -0.1) is 0 Å². The minimum absolute atomic E-state index is 0.142. The van der Waals surface area contributed by atoms with E-state index in [-0.39, 0.29) is 35.1 Å². The lowest BCUT2D eigenvalue weighted by molar-refractivity contribution is -0.852. The van der Waals surface area contributed by atoms with Crippen LogP contribution in [0.5, 0.6) is 0 Å². The number of quaternary nitrogens is 1. The Bertz CT molecular complexity index is 1260. The van der Waals surface area contributed by atoms with Gasteiger partial charge in [-0.3, -0.25) is 9.59 Å². The zero-order chi connectivity index (χ0) is 22.9. The topological polar surface area (TPSA) is 81.5 Å². The van der Waals surface area contributed by atoms with E-state index >= 15 is 0 Å². The zero-order valence-electron chi connectivity index (χ0n) is 16.8. The van der Waals surface area contributed by atoms with E-state index in [0.717, 1.165) is 17.0 Å². The Morgan fingerprint density at radius 2 is 1.88 bits per heavy atom. The Morgan fingerprint density at radius 1 is 1.19 bits per heavy atom. The minimum atomic E-state index is -0.967. The van der Waals surface area contributed by atoms with E-state index in [9.17, 15) is 28.4 Å². The number of hydrogen-bond donors (Lipinski definition) is 0. The normalized spacial score (nSPS) is 28.2. The largest absolute Gasteiger partial charge is 0.433 e. The fraction of sp³-hybridized carbons (Fsp3) is 0.273. The van der Waals surface area contributed by atoms with Gasteiger partial charge in [-0.1, -0.05) is 11.6 Å². The predicted octanol–water partition coefficient (Wildman–Crippen LogP) is 2.99. The molecule has 4 atom stereocenters. The van der Waals surface area contributed by atoms with Crippen molar-refractivity contribution in [3.63, 3.8) is 0 Å². The summed E-state index contributed by atoms with van der Waals surface area (Å²) in [4.78, 5) is 43.2. The first-order valence-electron chi connectivity index (χ1n) is 9.87. The number of carbonyl (C=O) groups excluding carboxylic acids is 3. The molecule has 3 saturated heterocycles. The first-order valence-corrected chi connectivity index (χ1v) is 10.2. The summed E-state index contributed by atoms with van der Waals surface area (Å²) in [5.74, 6) is -2.84. The van der Waals surface area contributed by atoms with E-state index in [2.05, 4.69) is 0 Å². The highest BCUT2D eigenvalue weighted by molar-refractivity contribution is 6.33. The molecule has 162 valence electrons. The number of nitrogens with zero attached hydrogens (tertiary/aromatic N) is 4. The standard InChI is InChI=1S/C22H16ClF2N4O3/c1-11-16(3-2-12(7-26)19(11)23)28-21(31)18-9-27-8-17(29(18,10-27)22(28)32)20(30)13-4-14(24)6-15(25)5-13/h2-6,17-18H,8-10H2,1H3/q+1. The van der Waals surface area contributed by atoms with Crippen molar-refractivity contribution >= 4 is 35.0 Å². The average Bonchev–Trinajstić information content (AvgIpc) is 3.38. The van der Waals surface area contributed by atoms with Crippen molar-refractivity contribution in [2.75, 3.05) is 24.7 Å². The van der Waals surface area contributed by atoms with E-state index in [1.807, 2.05) is 11.0 Å². The van der Waals surface area contributed by atoms with E-state index in [0.29, 0.717) is 18.2 Å². The quantitative estimate of drug-likeness (QED) is 0.402. The van der Waals surface area contributed by atoms with Gasteiger partial charge in [0.1, 0.15) is 24.4 Å². The molecule has 7 nitrogen and oxygen atoms in total. The lowest BCUT2D eigenvalue weighted by Crippen LogP contribution is -2.62. The van der Waals surface area contributed by atoms with Crippen LogP contribution in [0.15, 0.2) is 30.3 Å². The average molecular weight is 458 g/mol. The number of benzene rings is 2. The molecule has 4 unspecified atom stereocenters. The maximum Gasteiger partial charge on any atom is 0.433 e. The van der Waals surface area contributed by atoms with Crippen molar-refractivity contribution in [3.8, 4) is 6.07 Å². The molecule has 0 radical (unpaired) electrons. The maximum atomic E-state index is 13.7. The van der Waals surface area contributed by atoms with Crippen LogP contribution in [0.1, 0.15) is 21.5 Å². The highest BCUT2D eigenvalue weighted by atomic mass is 35.5. The summed E-state index contributed by atoms with van der Waals surface area (Å²) in [6.07, 6.45) is 0. The third-order valence-corrected chi connectivity index (χ3v) is 7.12. The molecule has 3 fully saturated rings. The molecule has 3 aliphatic heterocycles. The molecular formula is C22H16ClF2N4O3+. The zero-order valence-corrected chi connectivity index (χ0v) is 17.6. The number of rotatable bonds is 3. The molecule has 2 aromatic carbocycles. The first kappa shape index (κ1) is 20.7. The number of anilines is 1. The van der Waals surface area contributed by atoms with Crippen LogP contribution in [0, 0.1) is 29.9 Å². The molecule has 10 heteroatoms. The van der Waals surface area contributed by atoms with Gasteiger partial charge in [-0.25, -0.2) is 23.0 Å². The summed E-state index contributed by atoms with van der Waals surface area (Å²) >= 11 is 6.25. The molecular weight excluding hydrogens is 442 g/mol. The second-order valence-electron chi connectivity index (χ2n) is 8.30. The molecule has 32 heavy (non-hydrogen) atoms. The number of piperazine rings is 1. The molecule has 5 rings (SSSR count). The fourth-order valence-corrected chi connectivity index (χ4v) is 5.36. The van der Waals surface area contributed by atoms with Crippen LogP contribution in [0.3, 0.4) is 0 Å².